The Labute approximate surface area is 125 Å². The minimum absolute atomic E-state index is 0.00880. The van der Waals surface area contributed by atoms with E-state index in [0.717, 1.165) is 0 Å². The predicted molar refractivity (Wildman–Crippen MR) is 76.4 cm³/mol. The van der Waals surface area contributed by atoms with Crippen LogP contribution in [0.3, 0.4) is 0 Å². The number of amides is 2. The molecule has 0 unspecified atom stereocenters. The molecule has 108 valence electrons. The van der Waals surface area contributed by atoms with E-state index in [1.807, 2.05) is 13.8 Å². The molecule has 6 heteroatoms. The first-order valence-electron chi connectivity index (χ1n) is 6.44. The first-order valence-corrected chi connectivity index (χ1v) is 7.24. The first-order chi connectivity index (χ1) is 9.41. The zero-order valence-corrected chi connectivity index (χ0v) is 13.0. The van der Waals surface area contributed by atoms with Crippen molar-refractivity contribution in [2.45, 2.75) is 26.4 Å². The third-order valence-corrected chi connectivity index (χ3v) is 4.25. The van der Waals surface area contributed by atoms with Gasteiger partial charge in [-0.1, -0.05) is 12.1 Å². The van der Waals surface area contributed by atoms with E-state index in [1.54, 1.807) is 17.0 Å². The second-order valence-corrected chi connectivity index (χ2v) is 5.82. The molecule has 1 fully saturated rings. The number of nitrogens with zero attached hydrogens (tertiary/aromatic N) is 2. The van der Waals surface area contributed by atoms with Gasteiger partial charge in [-0.3, -0.25) is 9.59 Å². The fourth-order valence-electron chi connectivity index (χ4n) is 2.21. The molecule has 0 aliphatic carbocycles. The average molecular weight is 343 g/mol. The lowest BCUT2D eigenvalue weighted by Crippen LogP contribution is -2.55. The van der Waals surface area contributed by atoms with Crippen LogP contribution in [0.5, 0.6) is 0 Å². The molecule has 1 aromatic rings. The van der Waals surface area contributed by atoms with Crippen LogP contribution in [0.1, 0.15) is 19.4 Å². The molecule has 1 heterocycles. The van der Waals surface area contributed by atoms with Crippen molar-refractivity contribution in [3.8, 4) is 0 Å². The summed E-state index contributed by atoms with van der Waals surface area (Å²) in [6.45, 7) is 4.96. The van der Waals surface area contributed by atoms with Crippen LogP contribution in [0.15, 0.2) is 22.7 Å². The van der Waals surface area contributed by atoms with E-state index in [2.05, 4.69) is 15.9 Å². The van der Waals surface area contributed by atoms with E-state index in [9.17, 15) is 14.0 Å². The Balaban J connectivity index is 2.14. The van der Waals surface area contributed by atoms with Crippen molar-refractivity contribution < 1.29 is 14.0 Å². The molecule has 1 saturated heterocycles. The molecule has 1 aliphatic rings. The van der Waals surface area contributed by atoms with Crippen LogP contribution < -0.4 is 0 Å². The zero-order valence-electron chi connectivity index (χ0n) is 11.4. The maximum Gasteiger partial charge on any atom is 0.312 e. The van der Waals surface area contributed by atoms with E-state index in [0.29, 0.717) is 23.1 Å². The maximum atomic E-state index is 13.4. The topological polar surface area (TPSA) is 40.6 Å². The molecular formula is C14H16BrFN2O2. The quantitative estimate of drug-likeness (QED) is 0.790. The van der Waals surface area contributed by atoms with Gasteiger partial charge < -0.3 is 9.80 Å². The summed E-state index contributed by atoms with van der Waals surface area (Å²) < 4.78 is 13.8. The van der Waals surface area contributed by atoms with E-state index in [4.69, 9.17) is 0 Å². The summed E-state index contributed by atoms with van der Waals surface area (Å²) in [5.41, 5.74) is 0.657. The second-order valence-electron chi connectivity index (χ2n) is 5.03. The van der Waals surface area contributed by atoms with Gasteiger partial charge in [-0.25, -0.2) is 4.39 Å². The smallest absolute Gasteiger partial charge is 0.312 e. The number of hydrogen-bond donors (Lipinski definition) is 0. The Kier molecular flexibility index (Phi) is 4.42. The molecule has 0 atom stereocenters. The molecular weight excluding hydrogens is 327 g/mol. The van der Waals surface area contributed by atoms with Gasteiger partial charge in [-0.2, -0.15) is 0 Å². The Hall–Kier alpha value is -1.43. The van der Waals surface area contributed by atoms with Gasteiger partial charge in [0.15, 0.2) is 0 Å². The standard InChI is InChI=1S/C14H16BrFN2O2/c1-9(2)18-7-6-17(13(19)14(18)20)8-10-4-3-5-11(16)12(10)15/h3-5,9H,6-8H2,1-2H3. The van der Waals surface area contributed by atoms with Crippen molar-refractivity contribution in [2.24, 2.45) is 0 Å². The van der Waals surface area contributed by atoms with E-state index in [1.165, 1.54) is 11.0 Å². The number of hydrogen-bond acceptors (Lipinski definition) is 2. The summed E-state index contributed by atoms with van der Waals surface area (Å²) >= 11 is 3.17. The summed E-state index contributed by atoms with van der Waals surface area (Å²) in [4.78, 5) is 27.0. The minimum Gasteiger partial charge on any atom is -0.330 e. The molecule has 0 radical (unpaired) electrons. The van der Waals surface area contributed by atoms with Crippen molar-refractivity contribution in [1.29, 1.82) is 0 Å². The van der Waals surface area contributed by atoms with Crippen LogP contribution in [-0.2, 0) is 16.1 Å². The van der Waals surface area contributed by atoms with Crippen molar-refractivity contribution in [1.82, 2.24) is 9.80 Å². The van der Waals surface area contributed by atoms with Gasteiger partial charge in [-0.05, 0) is 41.4 Å². The molecule has 1 aromatic carbocycles. The number of carbonyl (C=O) groups is 2. The Bertz CT molecular complexity index is 548. The fraction of sp³-hybridized carbons (Fsp3) is 0.429. The monoisotopic (exact) mass is 342 g/mol. The molecule has 20 heavy (non-hydrogen) atoms. The number of rotatable bonds is 3. The van der Waals surface area contributed by atoms with Gasteiger partial charge in [0.2, 0.25) is 0 Å². The Morgan fingerprint density at radius 2 is 1.95 bits per heavy atom. The molecule has 0 aromatic heterocycles. The summed E-state index contributed by atoms with van der Waals surface area (Å²) in [7, 11) is 0. The summed E-state index contributed by atoms with van der Waals surface area (Å²) in [5, 5.41) is 0. The lowest BCUT2D eigenvalue weighted by molar-refractivity contribution is -0.157. The number of piperazine rings is 1. The van der Waals surface area contributed by atoms with Gasteiger partial charge in [0.1, 0.15) is 5.82 Å². The normalized spacial score (nSPS) is 16.2. The minimum atomic E-state index is -0.527. The SMILES string of the molecule is CC(C)N1CCN(Cc2cccc(F)c2Br)C(=O)C1=O. The van der Waals surface area contributed by atoms with Gasteiger partial charge in [0, 0.05) is 25.7 Å². The van der Waals surface area contributed by atoms with Crippen LogP contribution in [0.4, 0.5) is 4.39 Å². The van der Waals surface area contributed by atoms with Crippen LogP contribution in [-0.4, -0.2) is 40.7 Å². The highest BCUT2D eigenvalue weighted by Gasteiger charge is 2.33. The fourth-order valence-corrected chi connectivity index (χ4v) is 2.60. The summed E-state index contributed by atoms with van der Waals surface area (Å²) in [6.07, 6.45) is 0. The third kappa shape index (κ3) is 2.85. The van der Waals surface area contributed by atoms with Crippen molar-refractivity contribution >= 4 is 27.7 Å². The predicted octanol–water partition coefficient (Wildman–Crippen LogP) is 2.17. The number of halogens is 2. The lowest BCUT2D eigenvalue weighted by atomic mass is 10.1. The van der Waals surface area contributed by atoms with Crippen LogP contribution in [0, 0.1) is 5.82 Å². The molecule has 2 amide bonds. The number of benzene rings is 1. The molecule has 0 bridgehead atoms. The third-order valence-electron chi connectivity index (χ3n) is 3.36. The van der Waals surface area contributed by atoms with E-state index >= 15 is 0 Å². The van der Waals surface area contributed by atoms with Crippen molar-refractivity contribution in [3.05, 3.63) is 34.1 Å². The van der Waals surface area contributed by atoms with Crippen molar-refractivity contribution in [2.75, 3.05) is 13.1 Å². The second kappa shape index (κ2) is 5.91. The zero-order chi connectivity index (χ0) is 14.9. The van der Waals surface area contributed by atoms with E-state index in [-0.39, 0.29) is 18.4 Å². The summed E-state index contributed by atoms with van der Waals surface area (Å²) in [5.74, 6) is -1.39. The van der Waals surface area contributed by atoms with Crippen LogP contribution in [0.25, 0.3) is 0 Å². The van der Waals surface area contributed by atoms with Crippen LogP contribution in [0.2, 0.25) is 0 Å². The largest absolute Gasteiger partial charge is 0.330 e. The van der Waals surface area contributed by atoms with Gasteiger partial charge >= 0.3 is 11.8 Å². The maximum absolute atomic E-state index is 13.4. The first kappa shape index (κ1) is 15.0. The number of carbonyl (C=O) groups excluding carboxylic acids is 2. The molecule has 2 rings (SSSR count). The molecule has 0 spiro atoms. The molecule has 0 saturated carbocycles. The lowest BCUT2D eigenvalue weighted by Gasteiger charge is -2.36. The van der Waals surface area contributed by atoms with Gasteiger partial charge in [0.05, 0.1) is 4.47 Å². The van der Waals surface area contributed by atoms with E-state index < -0.39 is 11.8 Å². The molecule has 0 N–H and O–H groups in total. The highest BCUT2D eigenvalue weighted by Crippen LogP contribution is 2.23. The Morgan fingerprint density at radius 3 is 2.60 bits per heavy atom. The van der Waals surface area contributed by atoms with Crippen molar-refractivity contribution in [3.63, 3.8) is 0 Å². The summed E-state index contributed by atoms with van der Waals surface area (Å²) in [6, 6.07) is 4.68. The van der Waals surface area contributed by atoms with Gasteiger partial charge in [0.25, 0.3) is 0 Å². The molecule has 4 nitrogen and oxygen atoms in total. The average Bonchev–Trinajstić information content (AvgIpc) is 2.40. The van der Waals surface area contributed by atoms with Gasteiger partial charge in [-0.15, -0.1) is 0 Å². The Morgan fingerprint density at radius 1 is 1.25 bits per heavy atom. The van der Waals surface area contributed by atoms with Crippen LogP contribution >= 0.6 is 15.9 Å². The highest BCUT2D eigenvalue weighted by molar-refractivity contribution is 9.10. The highest BCUT2D eigenvalue weighted by atomic mass is 79.9. The molecule has 1 aliphatic heterocycles.